The molecule has 0 unspecified atom stereocenters. The van der Waals surface area contributed by atoms with Gasteiger partial charge in [-0.1, -0.05) is 12.1 Å². The zero-order chi connectivity index (χ0) is 15.4. The van der Waals surface area contributed by atoms with E-state index in [0.717, 1.165) is 42.8 Å². The van der Waals surface area contributed by atoms with Gasteiger partial charge in [-0.25, -0.2) is 0 Å². The van der Waals surface area contributed by atoms with E-state index in [2.05, 4.69) is 4.98 Å². The van der Waals surface area contributed by atoms with E-state index in [0.29, 0.717) is 12.3 Å². The fourth-order valence-corrected chi connectivity index (χ4v) is 2.88. The number of hydrogen-bond donors (Lipinski definition) is 1. The second-order valence-corrected chi connectivity index (χ2v) is 5.62. The molecule has 0 radical (unpaired) electrons. The molecule has 116 valence electrons. The molecule has 4 nitrogen and oxygen atoms in total. The monoisotopic (exact) mass is 298 g/mol. The first-order valence-corrected chi connectivity index (χ1v) is 7.99. The summed E-state index contributed by atoms with van der Waals surface area (Å²) in [5.41, 5.74) is 2.74. The maximum Gasteiger partial charge on any atom is 0.270 e. The topological polar surface area (TPSA) is 45.3 Å². The van der Waals surface area contributed by atoms with Crippen molar-refractivity contribution in [3.05, 3.63) is 42.2 Å². The summed E-state index contributed by atoms with van der Waals surface area (Å²) in [6, 6.07) is 9.88. The number of aromatic nitrogens is 1. The average Bonchev–Trinajstić information content (AvgIpc) is 3.06. The number of amides is 1. The fraction of sp³-hybridized carbons (Fsp3) is 0.389. The number of aromatic amines is 1. The predicted octanol–water partition coefficient (Wildman–Crippen LogP) is 3.71. The largest absolute Gasteiger partial charge is 0.494 e. The third-order valence-electron chi connectivity index (χ3n) is 4.04. The molecule has 1 fully saturated rings. The zero-order valence-electron chi connectivity index (χ0n) is 13.0. The van der Waals surface area contributed by atoms with Crippen LogP contribution in [0.5, 0.6) is 5.75 Å². The number of likely N-dealkylation sites (tertiary alicyclic amines) is 1. The summed E-state index contributed by atoms with van der Waals surface area (Å²) in [7, 11) is 0. The predicted molar refractivity (Wildman–Crippen MR) is 87.2 cm³/mol. The summed E-state index contributed by atoms with van der Waals surface area (Å²) in [4.78, 5) is 17.5. The van der Waals surface area contributed by atoms with E-state index in [-0.39, 0.29) is 5.91 Å². The lowest BCUT2D eigenvalue weighted by Gasteiger charge is -2.26. The average molecular weight is 298 g/mol. The molecule has 3 rings (SSSR count). The van der Waals surface area contributed by atoms with Gasteiger partial charge in [0.15, 0.2) is 0 Å². The Balaban J connectivity index is 1.78. The molecule has 1 amide bonds. The molecule has 1 aliphatic rings. The van der Waals surface area contributed by atoms with Gasteiger partial charge in [-0.2, -0.15) is 0 Å². The van der Waals surface area contributed by atoms with Crippen LogP contribution in [0.1, 0.15) is 36.7 Å². The van der Waals surface area contributed by atoms with E-state index in [9.17, 15) is 4.79 Å². The zero-order valence-corrected chi connectivity index (χ0v) is 13.0. The molecule has 0 saturated carbocycles. The van der Waals surface area contributed by atoms with Gasteiger partial charge in [0.25, 0.3) is 5.91 Å². The molecule has 22 heavy (non-hydrogen) atoms. The van der Waals surface area contributed by atoms with Gasteiger partial charge in [0.05, 0.1) is 6.61 Å². The number of nitrogens with zero attached hydrogens (tertiary/aromatic N) is 1. The molecule has 1 N–H and O–H groups in total. The molecule has 1 saturated heterocycles. The van der Waals surface area contributed by atoms with Crippen LogP contribution in [0.15, 0.2) is 36.5 Å². The molecule has 0 atom stereocenters. The summed E-state index contributed by atoms with van der Waals surface area (Å²) in [6.07, 6.45) is 5.33. The first-order chi connectivity index (χ1) is 10.8. The van der Waals surface area contributed by atoms with E-state index in [1.54, 1.807) is 0 Å². The van der Waals surface area contributed by atoms with E-state index in [1.807, 2.05) is 48.4 Å². The third-order valence-corrected chi connectivity index (χ3v) is 4.04. The number of ether oxygens (including phenoxy) is 1. The maximum atomic E-state index is 12.5. The van der Waals surface area contributed by atoms with Gasteiger partial charge < -0.3 is 14.6 Å². The van der Waals surface area contributed by atoms with Crippen molar-refractivity contribution in [3.63, 3.8) is 0 Å². The van der Waals surface area contributed by atoms with Crippen molar-refractivity contribution in [3.8, 4) is 16.9 Å². The van der Waals surface area contributed by atoms with Crippen LogP contribution in [-0.2, 0) is 0 Å². The lowest BCUT2D eigenvalue weighted by Crippen LogP contribution is -2.35. The highest BCUT2D eigenvalue weighted by Crippen LogP contribution is 2.25. The molecule has 2 aromatic rings. The molecule has 2 heterocycles. The number of hydrogen-bond acceptors (Lipinski definition) is 2. The van der Waals surface area contributed by atoms with Crippen LogP contribution < -0.4 is 4.74 Å². The molecule has 0 aliphatic carbocycles. The Labute approximate surface area is 131 Å². The Bertz CT molecular complexity index is 642. The van der Waals surface area contributed by atoms with Crippen molar-refractivity contribution in [1.82, 2.24) is 9.88 Å². The molecular formula is C18H22N2O2. The Kier molecular flexibility index (Phi) is 4.47. The number of piperidine rings is 1. The molecule has 1 aromatic heterocycles. The van der Waals surface area contributed by atoms with Crippen molar-refractivity contribution in [2.75, 3.05) is 19.7 Å². The summed E-state index contributed by atoms with van der Waals surface area (Å²) in [5.74, 6) is 0.956. The second kappa shape index (κ2) is 6.69. The minimum Gasteiger partial charge on any atom is -0.494 e. The van der Waals surface area contributed by atoms with Gasteiger partial charge >= 0.3 is 0 Å². The SMILES string of the molecule is CCOc1cccc(-c2c[nH]c(C(=O)N3CCCCC3)c2)c1. The minimum atomic E-state index is 0.104. The Hall–Kier alpha value is -2.23. The van der Waals surface area contributed by atoms with E-state index < -0.39 is 0 Å². The van der Waals surface area contributed by atoms with Crippen LogP contribution in [0.3, 0.4) is 0 Å². The highest BCUT2D eigenvalue weighted by molar-refractivity contribution is 5.94. The van der Waals surface area contributed by atoms with Crippen molar-refractivity contribution in [2.45, 2.75) is 26.2 Å². The Morgan fingerprint density at radius 1 is 1.18 bits per heavy atom. The highest BCUT2D eigenvalue weighted by atomic mass is 16.5. The smallest absolute Gasteiger partial charge is 0.270 e. The summed E-state index contributed by atoms with van der Waals surface area (Å²) < 4.78 is 5.53. The van der Waals surface area contributed by atoms with E-state index in [4.69, 9.17) is 4.74 Å². The first-order valence-electron chi connectivity index (χ1n) is 7.99. The minimum absolute atomic E-state index is 0.104. The van der Waals surface area contributed by atoms with Gasteiger partial charge in [0.2, 0.25) is 0 Å². The van der Waals surface area contributed by atoms with Crippen molar-refractivity contribution >= 4 is 5.91 Å². The van der Waals surface area contributed by atoms with Gasteiger partial charge in [-0.05, 0) is 49.9 Å². The summed E-state index contributed by atoms with van der Waals surface area (Å²) >= 11 is 0. The lowest BCUT2D eigenvalue weighted by molar-refractivity contribution is 0.0719. The van der Waals surface area contributed by atoms with Gasteiger partial charge in [0, 0.05) is 24.8 Å². The van der Waals surface area contributed by atoms with Crippen molar-refractivity contribution in [2.24, 2.45) is 0 Å². The second-order valence-electron chi connectivity index (χ2n) is 5.62. The quantitative estimate of drug-likeness (QED) is 0.935. The molecule has 0 bridgehead atoms. The lowest BCUT2D eigenvalue weighted by atomic mass is 10.1. The van der Waals surface area contributed by atoms with Gasteiger partial charge in [-0.15, -0.1) is 0 Å². The standard InChI is InChI=1S/C18H22N2O2/c1-2-22-16-8-6-7-14(11-16)15-12-17(19-13-15)18(21)20-9-4-3-5-10-20/h6-8,11-13,19H,2-5,9-10H2,1H3. The van der Waals surface area contributed by atoms with Crippen LogP contribution in [0, 0.1) is 0 Å². The maximum absolute atomic E-state index is 12.5. The normalized spacial score (nSPS) is 14.9. The van der Waals surface area contributed by atoms with Crippen LogP contribution >= 0.6 is 0 Å². The summed E-state index contributed by atoms with van der Waals surface area (Å²) in [5, 5.41) is 0. The summed E-state index contributed by atoms with van der Waals surface area (Å²) in [6.45, 7) is 4.35. The molecule has 1 aromatic carbocycles. The van der Waals surface area contributed by atoms with Crippen LogP contribution in [0.4, 0.5) is 0 Å². The highest BCUT2D eigenvalue weighted by Gasteiger charge is 2.19. The number of carbonyl (C=O) groups excluding carboxylic acids is 1. The molecular weight excluding hydrogens is 276 g/mol. The third kappa shape index (κ3) is 3.16. The van der Waals surface area contributed by atoms with E-state index in [1.165, 1.54) is 6.42 Å². The van der Waals surface area contributed by atoms with Crippen LogP contribution in [0.25, 0.3) is 11.1 Å². The number of benzene rings is 1. The van der Waals surface area contributed by atoms with Crippen LogP contribution in [-0.4, -0.2) is 35.5 Å². The number of carbonyl (C=O) groups is 1. The van der Waals surface area contributed by atoms with Crippen LogP contribution in [0.2, 0.25) is 0 Å². The Morgan fingerprint density at radius 3 is 2.77 bits per heavy atom. The molecule has 0 spiro atoms. The number of H-pyrrole nitrogens is 1. The van der Waals surface area contributed by atoms with E-state index >= 15 is 0 Å². The van der Waals surface area contributed by atoms with Gasteiger partial charge in [-0.3, -0.25) is 4.79 Å². The fourth-order valence-electron chi connectivity index (χ4n) is 2.88. The number of rotatable bonds is 4. The Morgan fingerprint density at radius 2 is 2.00 bits per heavy atom. The first kappa shape index (κ1) is 14.7. The van der Waals surface area contributed by atoms with Crippen molar-refractivity contribution < 1.29 is 9.53 Å². The van der Waals surface area contributed by atoms with Gasteiger partial charge in [0.1, 0.15) is 11.4 Å². The molecule has 4 heteroatoms. The molecule has 1 aliphatic heterocycles. The number of nitrogens with one attached hydrogen (secondary N) is 1. The van der Waals surface area contributed by atoms with Crippen molar-refractivity contribution in [1.29, 1.82) is 0 Å².